The zero-order valence-corrected chi connectivity index (χ0v) is 14.3. The molecule has 0 bridgehead atoms. The molecule has 122 valence electrons. The van der Waals surface area contributed by atoms with Crippen LogP contribution >= 0.6 is 11.3 Å². The Morgan fingerprint density at radius 1 is 1.32 bits per heavy atom. The fourth-order valence-corrected chi connectivity index (χ4v) is 5.54. The molecule has 1 saturated carbocycles. The molecule has 1 atom stereocenters. The third-order valence-electron chi connectivity index (χ3n) is 4.63. The minimum atomic E-state index is -3.35. The normalized spacial score (nSPS) is 22.4. The van der Waals surface area contributed by atoms with E-state index in [0.29, 0.717) is 23.3 Å². The van der Waals surface area contributed by atoms with Crippen molar-refractivity contribution in [2.45, 2.75) is 42.9 Å². The van der Waals surface area contributed by atoms with Gasteiger partial charge in [-0.1, -0.05) is 13.0 Å². The SMILES string of the molecule is CC(C(=O)NC1CC1)C1CCN(S(=O)(=O)c2cccs2)CC1. The fourth-order valence-electron chi connectivity index (χ4n) is 2.93. The Labute approximate surface area is 135 Å². The summed E-state index contributed by atoms with van der Waals surface area (Å²) in [5.41, 5.74) is 0. The number of piperidine rings is 1. The number of sulfonamides is 1. The summed E-state index contributed by atoms with van der Waals surface area (Å²) in [7, 11) is -3.35. The average molecular weight is 342 g/mol. The van der Waals surface area contributed by atoms with Crippen LogP contribution in [-0.2, 0) is 14.8 Å². The van der Waals surface area contributed by atoms with Gasteiger partial charge in [0.05, 0.1) is 0 Å². The quantitative estimate of drug-likeness (QED) is 0.891. The van der Waals surface area contributed by atoms with Crippen LogP contribution in [0.4, 0.5) is 0 Å². The number of nitrogens with one attached hydrogen (secondary N) is 1. The largest absolute Gasteiger partial charge is 0.353 e. The molecule has 1 saturated heterocycles. The summed E-state index contributed by atoms with van der Waals surface area (Å²) in [5.74, 6) is 0.364. The van der Waals surface area contributed by atoms with E-state index in [1.165, 1.54) is 11.3 Å². The third-order valence-corrected chi connectivity index (χ3v) is 7.90. The van der Waals surface area contributed by atoms with Crippen molar-refractivity contribution >= 4 is 27.3 Å². The molecule has 5 nitrogen and oxygen atoms in total. The van der Waals surface area contributed by atoms with Gasteiger partial charge < -0.3 is 5.32 Å². The Morgan fingerprint density at radius 2 is 2.00 bits per heavy atom. The second kappa shape index (κ2) is 6.29. The van der Waals surface area contributed by atoms with Gasteiger partial charge in [-0.15, -0.1) is 11.3 Å². The minimum absolute atomic E-state index is 0.0350. The maximum atomic E-state index is 12.5. The van der Waals surface area contributed by atoms with Crippen molar-refractivity contribution in [1.82, 2.24) is 9.62 Å². The van der Waals surface area contributed by atoms with E-state index in [9.17, 15) is 13.2 Å². The number of nitrogens with zero attached hydrogens (tertiary/aromatic N) is 1. The minimum Gasteiger partial charge on any atom is -0.353 e. The molecule has 2 heterocycles. The Kier molecular flexibility index (Phi) is 4.56. The van der Waals surface area contributed by atoms with Gasteiger partial charge in [0.1, 0.15) is 4.21 Å². The molecule has 2 fully saturated rings. The van der Waals surface area contributed by atoms with E-state index < -0.39 is 10.0 Å². The molecule has 1 aromatic rings. The lowest BCUT2D eigenvalue weighted by atomic mass is 9.85. The summed E-state index contributed by atoms with van der Waals surface area (Å²) in [6.45, 7) is 2.98. The van der Waals surface area contributed by atoms with Crippen molar-refractivity contribution in [3.8, 4) is 0 Å². The smallest absolute Gasteiger partial charge is 0.252 e. The van der Waals surface area contributed by atoms with Crippen LogP contribution < -0.4 is 5.32 Å². The maximum absolute atomic E-state index is 12.5. The predicted octanol–water partition coefficient (Wildman–Crippen LogP) is 2.06. The highest BCUT2D eigenvalue weighted by Crippen LogP contribution is 2.30. The van der Waals surface area contributed by atoms with Crippen molar-refractivity contribution in [2.75, 3.05) is 13.1 Å². The van der Waals surface area contributed by atoms with Gasteiger partial charge in [0.2, 0.25) is 5.91 Å². The summed E-state index contributed by atoms with van der Waals surface area (Å²) < 4.78 is 26.9. The zero-order valence-electron chi connectivity index (χ0n) is 12.7. The average Bonchev–Trinajstić information content (AvgIpc) is 3.15. The summed E-state index contributed by atoms with van der Waals surface area (Å²) >= 11 is 1.26. The van der Waals surface area contributed by atoms with Gasteiger partial charge in [0.25, 0.3) is 10.0 Å². The summed E-state index contributed by atoms with van der Waals surface area (Å²) in [6.07, 6.45) is 3.69. The highest BCUT2D eigenvalue weighted by molar-refractivity contribution is 7.91. The molecule has 3 rings (SSSR count). The first-order chi connectivity index (χ1) is 10.5. The lowest BCUT2D eigenvalue weighted by Crippen LogP contribution is -2.42. The molecule has 1 aliphatic carbocycles. The number of hydrogen-bond donors (Lipinski definition) is 1. The number of thiophene rings is 1. The van der Waals surface area contributed by atoms with E-state index in [0.717, 1.165) is 25.7 Å². The van der Waals surface area contributed by atoms with Crippen LogP contribution in [-0.4, -0.2) is 37.8 Å². The van der Waals surface area contributed by atoms with Crippen molar-refractivity contribution < 1.29 is 13.2 Å². The van der Waals surface area contributed by atoms with E-state index in [1.54, 1.807) is 21.8 Å². The van der Waals surface area contributed by atoms with Crippen molar-refractivity contribution in [3.05, 3.63) is 17.5 Å². The van der Waals surface area contributed by atoms with Crippen LogP contribution in [0.5, 0.6) is 0 Å². The van der Waals surface area contributed by atoms with Gasteiger partial charge in [-0.05, 0) is 43.0 Å². The first-order valence-corrected chi connectivity index (χ1v) is 10.1. The number of carbonyl (C=O) groups is 1. The van der Waals surface area contributed by atoms with Gasteiger partial charge >= 0.3 is 0 Å². The Hall–Kier alpha value is -0.920. The number of rotatable bonds is 5. The molecule has 1 aromatic heterocycles. The Morgan fingerprint density at radius 3 is 2.55 bits per heavy atom. The van der Waals surface area contributed by atoms with E-state index in [-0.39, 0.29) is 17.7 Å². The van der Waals surface area contributed by atoms with Gasteiger partial charge in [0, 0.05) is 25.0 Å². The fraction of sp³-hybridized carbons (Fsp3) is 0.667. The summed E-state index contributed by atoms with van der Waals surface area (Å²) in [5, 5.41) is 4.83. The second-order valence-electron chi connectivity index (χ2n) is 6.25. The molecule has 1 amide bonds. The highest BCUT2D eigenvalue weighted by Gasteiger charge is 2.35. The number of carbonyl (C=O) groups excluding carboxylic acids is 1. The molecule has 7 heteroatoms. The predicted molar refractivity (Wildman–Crippen MR) is 86.1 cm³/mol. The molecule has 1 N–H and O–H groups in total. The maximum Gasteiger partial charge on any atom is 0.252 e. The van der Waals surface area contributed by atoms with Crippen molar-refractivity contribution in [2.24, 2.45) is 11.8 Å². The molecule has 0 radical (unpaired) electrons. The van der Waals surface area contributed by atoms with E-state index in [2.05, 4.69) is 5.32 Å². The van der Waals surface area contributed by atoms with Crippen LogP contribution in [0.3, 0.4) is 0 Å². The first kappa shape index (κ1) is 16.0. The van der Waals surface area contributed by atoms with Gasteiger partial charge in [-0.3, -0.25) is 4.79 Å². The molecule has 2 aliphatic rings. The molecule has 22 heavy (non-hydrogen) atoms. The molecule has 0 spiro atoms. The van der Waals surface area contributed by atoms with E-state index in [4.69, 9.17) is 0 Å². The standard InChI is InChI=1S/C15H22N2O3S2/c1-11(15(18)16-13-4-5-13)12-6-8-17(9-7-12)22(19,20)14-3-2-10-21-14/h2-3,10-13H,4-9H2,1H3,(H,16,18). The Bertz CT molecular complexity index is 615. The second-order valence-corrected chi connectivity index (χ2v) is 9.36. The van der Waals surface area contributed by atoms with Gasteiger partial charge in [0.15, 0.2) is 0 Å². The first-order valence-electron chi connectivity index (χ1n) is 7.82. The van der Waals surface area contributed by atoms with Gasteiger partial charge in [-0.25, -0.2) is 8.42 Å². The lowest BCUT2D eigenvalue weighted by molar-refractivity contribution is -0.126. The lowest BCUT2D eigenvalue weighted by Gasteiger charge is -2.33. The van der Waals surface area contributed by atoms with E-state index in [1.807, 2.05) is 6.92 Å². The van der Waals surface area contributed by atoms with Crippen LogP contribution in [0.1, 0.15) is 32.6 Å². The van der Waals surface area contributed by atoms with Gasteiger partial charge in [-0.2, -0.15) is 4.31 Å². The van der Waals surface area contributed by atoms with Crippen molar-refractivity contribution in [1.29, 1.82) is 0 Å². The zero-order chi connectivity index (χ0) is 15.7. The molecular weight excluding hydrogens is 320 g/mol. The highest BCUT2D eigenvalue weighted by atomic mass is 32.2. The monoisotopic (exact) mass is 342 g/mol. The molecule has 1 unspecified atom stereocenters. The third kappa shape index (κ3) is 3.36. The molecule has 0 aromatic carbocycles. The topological polar surface area (TPSA) is 66.5 Å². The molecular formula is C15H22N2O3S2. The van der Waals surface area contributed by atoms with Crippen LogP contribution in [0, 0.1) is 11.8 Å². The van der Waals surface area contributed by atoms with E-state index >= 15 is 0 Å². The Balaban J connectivity index is 1.57. The molecule has 1 aliphatic heterocycles. The summed E-state index contributed by atoms with van der Waals surface area (Å²) in [6, 6.07) is 3.79. The van der Waals surface area contributed by atoms with Crippen LogP contribution in [0.25, 0.3) is 0 Å². The van der Waals surface area contributed by atoms with Crippen LogP contribution in [0.15, 0.2) is 21.7 Å². The van der Waals surface area contributed by atoms with Crippen LogP contribution in [0.2, 0.25) is 0 Å². The number of amides is 1. The summed E-state index contributed by atoms with van der Waals surface area (Å²) in [4.78, 5) is 12.1. The van der Waals surface area contributed by atoms with Crippen molar-refractivity contribution in [3.63, 3.8) is 0 Å². The number of hydrogen-bond acceptors (Lipinski definition) is 4.